The first kappa shape index (κ1) is 21.2. The molecule has 0 atom stereocenters. The van der Waals surface area contributed by atoms with Crippen LogP contribution in [0.15, 0.2) is 30.3 Å². The van der Waals surface area contributed by atoms with Gasteiger partial charge in [-0.3, -0.25) is 4.90 Å². The summed E-state index contributed by atoms with van der Waals surface area (Å²) in [5, 5.41) is 12.7. The lowest BCUT2D eigenvalue weighted by atomic mass is 10.2. The molecule has 1 aliphatic rings. The van der Waals surface area contributed by atoms with Crippen molar-refractivity contribution >= 4 is 6.09 Å². The monoisotopic (exact) mass is 400 g/mol. The van der Waals surface area contributed by atoms with Crippen LogP contribution in [0.25, 0.3) is 11.4 Å². The Labute approximate surface area is 172 Å². The Bertz CT molecular complexity index is 741. The minimum atomic E-state index is -0.173. The molecule has 1 aliphatic heterocycles. The normalized spacial score (nSPS) is 15.1. The number of unbranched alkanes of at least 4 members (excludes halogenated alkanes) is 2. The van der Waals surface area contributed by atoms with Crippen molar-refractivity contribution in [3.05, 3.63) is 30.3 Å². The minimum Gasteiger partial charge on any atom is -0.449 e. The van der Waals surface area contributed by atoms with Gasteiger partial charge in [-0.25, -0.2) is 4.79 Å². The molecule has 0 aliphatic carbocycles. The molecule has 0 unspecified atom stereocenters. The fourth-order valence-corrected chi connectivity index (χ4v) is 3.29. The van der Waals surface area contributed by atoms with Crippen LogP contribution in [0.2, 0.25) is 0 Å². The smallest absolute Gasteiger partial charge is 0.409 e. The van der Waals surface area contributed by atoms with E-state index in [1.54, 1.807) is 4.80 Å². The number of ether oxygens (including phenoxy) is 1. The van der Waals surface area contributed by atoms with Crippen LogP contribution in [0, 0.1) is 5.92 Å². The molecule has 8 heteroatoms. The van der Waals surface area contributed by atoms with E-state index in [1.165, 1.54) is 0 Å². The molecular formula is C21H32N6O2. The van der Waals surface area contributed by atoms with Gasteiger partial charge in [-0.1, -0.05) is 50.6 Å². The third-order valence-corrected chi connectivity index (χ3v) is 4.99. The van der Waals surface area contributed by atoms with Crippen LogP contribution >= 0.6 is 0 Å². The van der Waals surface area contributed by atoms with Crippen LogP contribution in [0.3, 0.4) is 0 Å². The molecule has 8 nitrogen and oxygen atoms in total. The molecule has 0 saturated carbocycles. The van der Waals surface area contributed by atoms with Gasteiger partial charge in [0, 0.05) is 31.7 Å². The number of hydrogen-bond acceptors (Lipinski definition) is 6. The molecular weight excluding hydrogens is 368 g/mol. The second-order valence-corrected chi connectivity index (χ2v) is 7.94. The summed E-state index contributed by atoms with van der Waals surface area (Å²) in [5.74, 6) is 1.05. The van der Waals surface area contributed by atoms with Gasteiger partial charge in [0.05, 0.1) is 13.2 Å². The summed E-state index contributed by atoms with van der Waals surface area (Å²) in [4.78, 5) is 17.9. The molecule has 1 fully saturated rings. The summed E-state index contributed by atoms with van der Waals surface area (Å²) >= 11 is 0. The van der Waals surface area contributed by atoms with Crippen molar-refractivity contribution in [2.45, 2.75) is 39.7 Å². The number of benzene rings is 1. The largest absolute Gasteiger partial charge is 0.449 e. The van der Waals surface area contributed by atoms with Crippen molar-refractivity contribution in [3.8, 4) is 11.4 Å². The number of nitrogens with zero attached hydrogens (tertiary/aromatic N) is 6. The van der Waals surface area contributed by atoms with E-state index in [0.717, 1.165) is 64.1 Å². The molecule has 0 spiro atoms. The van der Waals surface area contributed by atoms with Crippen molar-refractivity contribution in [3.63, 3.8) is 0 Å². The molecule has 1 saturated heterocycles. The average molecular weight is 401 g/mol. The Balaban J connectivity index is 1.27. The van der Waals surface area contributed by atoms with Gasteiger partial charge < -0.3 is 9.64 Å². The maximum absolute atomic E-state index is 12.0. The van der Waals surface area contributed by atoms with Crippen LogP contribution in [0.4, 0.5) is 4.79 Å². The molecule has 0 bridgehead atoms. The molecule has 2 heterocycles. The van der Waals surface area contributed by atoms with E-state index in [1.807, 2.05) is 49.1 Å². The fourth-order valence-electron chi connectivity index (χ4n) is 3.29. The van der Waals surface area contributed by atoms with E-state index >= 15 is 0 Å². The summed E-state index contributed by atoms with van der Waals surface area (Å²) in [6.45, 7) is 9.78. The van der Waals surface area contributed by atoms with Crippen LogP contribution in [0.1, 0.15) is 33.1 Å². The number of rotatable bonds is 9. The number of piperazine rings is 1. The molecule has 2 aromatic rings. The summed E-state index contributed by atoms with van der Waals surface area (Å²) in [6, 6.07) is 9.91. The third-order valence-electron chi connectivity index (χ3n) is 4.99. The maximum Gasteiger partial charge on any atom is 0.409 e. The van der Waals surface area contributed by atoms with Gasteiger partial charge in [-0.05, 0) is 30.5 Å². The second kappa shape index (κ2) is 10.9. The van der Waals surface area contributed by atoms with E-state index in [9.17, 15) is 4.79 Å². The molecule has 1 aromatic heterocycles. The number of carbonyl (C=O) groups excluding carboxylic acids is 1. The number of amides is 1. The lowest BCUT2D eigenvalue weighted by molar-refractivity contribution is 0.0687. The van der Waals surface area contributed by atoms with E-state index in [0.29, 0.717) is 18.3 Å². The number of tetrazole rings is 1. The minimum absolute atomic E-state index is 0.173. The fraction of sp³-hybridized carbons (Fsp3) is 0.619. The molecule has 1 aromatic carbocycles. The highest BCUT2D eigenvalue weighted by atomic mass is 16.6. The van der Waals surface area contributed by atoms with Crippen molar-refractivity contribution in [1.29, 1.82) is 0 Å². The van der Waals surface area contributed by atoms with Gasteiger partial charge in [-0.2, -0.15) is 4.80 Å². The highest BCUT2D eigenvalue weighted by Crippen LogP contribution is 2.12. The lowest BCUT2D eigenvalue weighted by Gasteiger charge is -2.34. The molecule has 158 valence electrons. The maximum atomic E-state index is 12.0. The number of hydrogen-bond donors (Lipinski definition) is 0. The predicted octanol–water partition coefficient (Wildman–Crippen LogP) is 2.92. The first-order valence-corrected chi connectivity index (χ1v) is 10.6. The Morgan fingerprint density at radius 1 is 1.03 bits per heavy atom. The van der Waals surface area contributed by atoms with E-state index < -0.39 is 0 Å². The Kier molecular flexibility index (Phi) is 7.98. The molecule has 3 rings (SSSR count). The van der Waals surface area contributed by atoms with Gasteiger partial charge in [0.25, 0.3) is 0 Å². The topological polar surface area (TPSA) is 76.4 Å². The Morgan fingerprint density at radius 3 is 2.48 bits per heavy atom. The highest BCUT2D eigenvalue weighted by Gasteiger charge is 2.21. The highest BCUT2D eigenvalue weighted by molar-refractivity contribution is 5.67. The van der Waals surface area contributed by atoms with Crippen LogP contribution < -0.4 is 0 Å². The number of carbonyl (C=O) groups is 1. The lowest BCUT2D eigenvalue weighted by Crippen LogP contribution is -2.49. The zero-order chi connectivity index (χ0) is 20.5. The summed E-state index contributed by atoms with van der Waals surface area (Å²) < 4.78 is 5.31. The first-order chi connectivity index (χ1) is 14.1. The Morgan fingerprint density at radius 2 is 1.76 bits per heavy atom. The third kappa shape index (κ3) is 6.81. The standard InChI is InChI=1S/C21H32N6O2/c1-18(2)17-29-21(28)26-15-13-25(14-16-26)11-7-4-8-12-27-23-20(22-24-27)19-9-5-3-6-10-19/h3,5-6,9-10,18H,4,7-8,11-17H2,1-2H3. The molecule has 0 N–H and O–H groups in total. The SMILES string of the molecule is CC(C)COC(=O)N1CCN(CCCCCn2nnc(-c3ccccc3)n2)CC1. The van der Waals surface area contributed by atoms with Gasteiger partial charge >= 0.3 is 6.09 Å². The number of aryl methyl sites for hydroxylation is 1. The van der Waals surface area contributed by atoms with E-state index in [4.69, 9.17) is 4.74 Å². The first-order valence-electron chi connectivity index (χ1n) is 10.6. The van der Waals surface area contributed by atoms with Crippen molar-refractivity contribution in [1.82, 2.24) is 30.0 Å². The van der Waals surface area contributed by atoms with Crippen molar-refractivity contribution in [2.24, 2.45) is 5.92 Å². The summed E-state index contributed by atoms with van der Waals surface area (Å²) in [5.41, 5.74) is 0.992. The quantitative estimate of drug-likeness (QED) is 0.603. The number of aromatic nitrogens is 4. The second-order valence-electron chi connectivity index (χ2n) is 7.94. The van der Waals surface area contributed by atoms with Crippen molar-refractivity contribution in [2.75, 3.05) is 39.3 Å². The van der Waals surface area contributed by atoms with Gasteiger partial charge in [0.2, 0.25) is 5.82 Å². The van der Waals surface area contributed by atoms with Crippen LogP contribution in [0.5, 0.6) is 0 Å². The van der Waals surface area contributed by atoms with E-state index in [-0.39, 0.29) is 6.09 Å². The van der Waals surface area contributed by atoms with Crippen LogP contribution in [-0.2, 0) is 11.3 Å². The summed E-state index contributed by atoms with van der Waals surface area (Å²) in [7, 11) is 0. The van der Waals surface area contributed by atoms with Gasteiger partial charge in [0.1, 0.15) is 0 Å². The van der Waals surface area contributed by atoms with Crippen LogP contribution in [-0.4, -0.2) is 75.4 Å². The Hall–Kier alpha value is -2.48. The van der Waals surface area contributed by atoms with Gasteiger partial charge in [0.15, 0.2) is 0 Å². The molecule has 1 amide bonds. The van der Waals surface area contributed by atoms with Gasteiger partial charge in [-0.15, -0.1) is 10.2 Å². The average Bonchev–Trinajstić information content (AvgIpc) is 3.22. The summed E-state index contributed by atoms with van der Waals surface area (Å²) in [6.07, 6.45) is 3.12. The van der Waals surface area contributed by atoms with E-state index in [2.05, 4.69) is 20.3 Å². The molecule has 29 heavy (non-hydrogen) atoms. The molecule has 0 radical (unpaired) electrons. The van der Waals surface area contributed by atoms with Crippen molar-refractivity contribution < 1.29 is 9.53 Å². The zero-order valence-electron chi connectivity index (χ0n) is 17.5. The zero-order valence-corrected chi connectivity index (χ0v) is 17.5. The predicted molar refractivity (Wildman–Crippen MR) is 111 cm³/mol.